The van der Waals surface area contributed by atoms with Gasteiger partial charge in [0.05, 0.1) is 25.5 Å². The van der Waals surface area contributed by atoms with Crippen LogP contribution in [0, 0.1) is 23.0 Å². The van der Waals surface area contributed by atoms with Gasteiger partial charge in [-0.05, 0) is 12.1 Å². The summed E-state index contributed by atoms with van der Waals surface area (Å²) >= 11 is 0. The molecule has 0 saturated heterocycles. The fourth-order valence-electron chi connectivity index (χ4n) is 1.54. The van der Waals surface area contributed by atoms with Gasteiger partial charge in [0.1, 0.15) is 19.2 Å². The van der Waals surface area contributed by atoms with E-state index >= 15 is 0 Å². The van der Waals surface area contributed by atoms with E-state index in [9.17, 15) is 18.4 Å². The zero-order valence-corrected chi connectivity index (χ0v) is 11.4. The molecular formula is C13H12F2N2O4. The van der Waals surface area contributed by atoms with E-state index < -0.39 is 42.2 Å². The van der Waals surface area contributed by atoms with E-state index in [1.54, 1.807) is 0 Å². The number of nitriles is 1. The van der Waals surface area contributed by atoms with Crippen molar-refractivity contribution in [2.45, 2.75) is 0 Å². The number of carbonyl (C=O) groups is 2. The minimum atomic E-state index is -1.35. The average molecular weight is 298 g/mol. The van der Waals surface area contributed by atoms with Gasteiger partial charge in [0.25, 0.3) is 0 Å². The number of nitrogens with zero attached hydrogens (tertiary/aromatic N) is 2. The first kappa shape index (κ1) is 16.4. The van der Waals surface area contributed by atoms with E-state index in [1.807, 2.05) is 0 Å². The molecule has 0 radical (unpaired) electrons. The molecule has 1 aromatic carbocycles. The van der Waals surface area contributed by atoms with Crippen LogP contribution in [0.5, 0.6) is 0 Å². The number of hydrogen-bond donors (Lipinski definition) is 0. The quantitative estimate of drug-likeness (QED) is 0.754. The van der Waals surface area contributed by atoms with Gasteiger partial charge < -0.3 is 14.4 Å². The maximum atomic E-state index is 13.9. The zero-order chi connectivity index (χ0) is 16.0. The van der Waals surface area contributed by atoms with Crippen molar-refractivity contribution in [3.8, 4) is 6.07 Å². The van der Waals surface area contributed by atoms with Gasteiger partial charge in [0.15, 0.2) is 11.6 Å². The van der Waals surface area contributed by atoms with Crippen molar-refractivity contribution in [2.24, 2.45) is 0 Å². The number of benzene rings is 1. The minimum Gasteiger partial charge on any atom is -0.468 e. The molecule has 0 N–H and O–H groups in total. The number of rotatable bonds is 5. The number of anilines is 1. The molecule has 0 saturated carbocycles. The molecule has 1 aromatic rings. The molecule has 0 unspecified atom stereocenters. The molecule has 21 heavy (non-hydrogen) atoms. The van der Waals surface area contributed by atoms with Gasteiger partial charge >= 0.3 is 11.9 Å². The Hall–Kier alpha value is -2.69. The van der Waals surface area contributed by atoms with E-state index in [1.165, 1.54) is 6.07 Å². The van der Waals surface area contributed by atoms with E-state index in [0.29, 0.717) is 0 Å². The molecule has 0 aliphatic rings. The monoisotopic (exact) mass is 298 g/mol. The number of halogens is 2. The lowest BCUT2D eigenvalue weighted by atomic mass is 10.2. The summed E-state index contributed by atoms with van der Waals surface area (Å²) in [6, 6.07) is 3.64. The van der Waals surface area contributed by atoms with Crippen LogP contribution in [0.25, 0.3) is 0 Å². The summed E-state index contributed by atoms with van der Waals surface area (Å²) in [6.07, 6.45) is 0. The summed E-state index contributed by atoms with van der Waals surface area (Å²) in [5.41, 5.74) is -0.824. The maximum Gasteiger partial charge on any atom is 0.325 e. The van der Waals surface area contributed by atoms with Gasteiger partial charge in [0.2, 0.25) is 0 Å². The molecule has 8 heteroatoms. The highest BCUT2D eigenvalue weighted by Crippen LogP contribution is 2.24. The highest BCUT2D eigenvalue weighted by Gasteiger charge is 2.22. The second kappa shape index (κ2) is 7.19. The van der Waals surface area contributed by atoms with Gasteiger partial charge in [-0.25, -0.2) is 8.78 Å². The van der Waals surface area contributed by atoms with Crippen LogP contribution in [0.3, 0.4) is 0 Å². The van der Waals surface area contributed by atoms with Crippen LogP contribution in [0.4, 0.5) is 14.5 Å². The Balaban J connectivity index is 3.19. The molecule has 0 amide bonds. The third-order valence-corrected chi connectivity index (χ3v) is 2.62. The van der Waals surface area contributed by atoms with Gasteiger partial charge in [-0.15, -0.1) is 0 Å². The molecule has 0 spiro atoms. The first-order valence-electron chi connectivity index (χ1n) is 5.71. The number of ether oxygens (including phenoxy) is 2. The summed E-state index contributed by atoms with van der Waals surface area (Å²) in [4.78, 5) is 23.6. The van der Waals surface area contributed by atoms with Crippen molar-refractivity contribution in [1.82, 2.24) is 0 Å². The zero-order valence-electron chi connectivity index (χ0n) is 11.4. The van der Waals surface area contributed by atoms with E-state index in [-0.39, 0.29) is 5.69 Å². The first-order chi connectivity index (χ1) is 9.94. The third-order valence-electron chi connectivity index (χ3n) is 2.62. The molecule has 0 atom stereocenters. The lowest BCUT2D eigenvalue weighted by molar-refractivity contribution is -0.140. The standard InChI is InChI=1S/C13H12F2N2O4/c1-20-10(18)6-17(7-11(19)21-2)9-4-3-8(5-16)12(14)13(9)15/h3-4H,6-7H2,1-2H3. The second-order valence-electron chi connectivity index (χ2n) is 3.88. The van der Waals surface area contributed by atoms with E-state index in [2.05, 4.69) is 9.47 Å². The van der Waals surface area contributed by atoms with E-state index in [0.717, 1.165) is 31.3 Å². The van der Waals surface area contributed by atoms with Gasteiger partial charge in [-0.1, -0.05) is 0 Å². The fraction of sp³-hybridized carbons (Fsp3) is 0.308. The third kappa shape index (κ3) is 3.89. The predicted octanol–water partition coefficient (Wildman–Crippen LogP) is 0.989. The average Bonchev–Trinajstić information content (AvgIpc) is 2.48. The van der Waals surface area contributed by atoms with Crippen LogP contribution < -0.4 is 4.90 Å². The normalized spacial score (nSPS) is 9.67. The smallest absolute Gasteiger partial charge is 0.325 e. The summed E-state index contributed by atoms with van der Waals surface area (Å²) in [5.74, 6) is -4.18. The van der Waals surface area contributed by atoms with Crippen molar-refractivity contribution in [3.63, 3.8) is 0 Å². The number of carbonyl (C=O) groups excluding carboxylic acids is 2. The van der Waals surface area contributed by atoms with Crippen molar-refractivity contribution < 1.29 is 27.8 Å². The van der Waals surface area contributed by atoms with Gasteiger partial charge in [0, 0.05) is 0 Å². The highest BCUT2D eigenvalue weighted by atomic mass is 19.2. The minimum absolute atomic E-state index is 0.345. The lowest BCUT2D eigenvalue weighted by Crippen LogP contribution is -2.36. The van der Waals surface area contributed by atoms with Gasteiger partial charge in [-0.3, -0.25) is 9.59 Å². The van der Waals surface area contributed by atoms with Gasteiger partial charge in [-0.2, -0.15) is 5.26 Å². The highest BCUT2D eigenvalue weighted by molar-refractivity contribution is 5.81. The number of methoxy groups -OCH3 is 2. The SMILES string of the molecule is COC(=O)CN(CC(=O)OC)c1ccc(C#N)c(F)c1F. The van der Waals surface area contributed by atoms with Crippen molar-refractivity contribution in [3.05, 3.63) is 29.3 Å². The van der Waals surface area contributed by atoms with Crippen molar-refractivity contribution in [2.75, 3.05) is 32.2 Å². The number of esters is 2. The summed E-state index contributed by atoms with van der Waals surface area (Å²) in [6.45, 7) is -0.957. The Bertz CT molecular complexity index is 581. The topological polar surface area (TPSA) is 79.6 Å². The van der Waals surface area contributed by atoms with Crippen LogP contribution >= 0.6 is 0 Å². The molecule has 1 rings (SSSR count). The molecule has 0 aliphatic carbocycles. The number of hydrogen-bond acceptors (Lipinski definition) is 6. The van der Waals surface area contributed by atoms with Crippen LogP contribution in [0.2, 0.25) is 0 Å². The van der Waals surface area contributed by atoms with Crippen LogP contribution in [0.15, 0.2) is 12.1 Å². The molecule has 0 bridgehead atoms. The Morgan fingerprint density at radius 2 is 1.67 bits per heavy atom. The Morgan fingerprint density at radius 3 is 2.10 bits per heavy atom. The molecule has 0 aliphatic heterocycles. The molecule has 6 nitrogen and oxygen atoms in total. The first-order valence-corrected chi connectivity index (χ1v) is 5.71. The Kier molecular flexibility index (Phi) is 5.60. The van der Waals surface area contributed by atoms with Crippen molar-refractivity contribution in [1.29, 1.82) is 5.26 Å². The lowest BCUT2D eigenvalue weighted by Gasteiger charge is -2.22. The molecular weight excluding hydrogens is 286 g/mol. The van der Waals surface area contributed by atoms with Crippen LogP contribution in [-0.2, 0) is 19.1 Å². The molecule has 0 fully saturated rings. The van der Waals surface area contributed by atoms with E-state index in [4.69, 9.17) is 5.26 Å². The second-order valence-corrected chi connectivity index (χ2v) is 3.88. The molecule has 112 valence electrons. The van der Waals surface area contributed by atoms with Crippen LogP contribution in [-0.4, -0.2) is 39.2 Å². The summed E-state index contributed by atoms with van der Waals surface area (Å²) in [7, 11) is 2.24. The molecule has 0 heterocycles. The Morgan fingerprint density at radius 1 is 1.14 bits per heavy atom. The van der Waals surface area contributed by atoms with Crippen LogP contribution in [0.1, 0.15) is 5.56 Å². The van der Waals surface area contributed by atoms with Crippen molar-refractivity contribution >= 4 is 17.6 Å². The summed E-state index contributed by atoms with van der Waals surface area (Å²) in [5, 5.41) is 8.62. The fourth-order valence-corrected chi connectivity index (χ4v) is 1.54. The predicted molar refractivity (Wildman–Crippen MR) is 67.3 cm³/mol. The maximum absolute atomic E-state index is 13.9. The summed E-state index contributed by atoms with van der Waals surface area (Å²) < 4.78 is 36.4. The largest absolute Gasteiger partial charge is 0.468 e. The molecule has 0 aromatic heterocycles. The Labute approximate surface area is 119 Å².